The molecule has 0 unspecified atom stereocenters. The van der Waals surface area contributed by atoms with E-state index in [2.05, 4.69) is 4.98 Å². The lowest BCUT2D eigenvalue weighted by molar-refractivity contribution is 0.0974. The van der Waals surface area contributed by atoms with Crippen molar-refractivity contribution in [3.63, 3.8) is 0 Å². The predicted octanol–water partition coefficient (Wildman–Crippen LogP) is 5.91. The van der Waals surface area contributed by atoms with Gasteiger partial charge < -0.3 is 20.1 Å². The zero-order valence-corrected chi connectivity index (χ0v) is 19.7. The molecule has 1 aliphatic carbocycles. The molecule has 182 valence electrons. The zero-order chi connectivity index (χ0) is 26.1. The van der Waals surface area contributed by atoms with Gasteiger partial charge in [0.25, 0.3) is 0 Å². The fourth-order valence-electron chi connectivity index (χ4n) is 4.20. The molecule has 7 heteroatoms. The Kier molecular flexibility index (Phi) is 6.03. The maximum Gasteiger partial charge on any atom is 0.219 e. The summed E-state index contributed by atoms with van der Waals surface area (Å²) in [6.45, 7) is 1.69. The fraction of sp³-hybridized carbons (Fsp3) is 0.0333. The van der Waals surface area contributed by atoms with Crippen molar-refractivity contribution in [2.75, 3.05) is 0 Å². The lowest BCUT2D eigenvalue weighted by Crippen LogP contribution is -2.21. The molecule has 5 aromatic rings. The number of aromatic hydroxyl groups is 3. The molecule has 0 aliphatic heterocycles. The fourth-order valence-corrected chi connectivity index (χ4v) is 4.20. The van der Waals surface area contributed by atoms with Gasteiger partial charge in [0.05, 0.1) is 16.6 Å². The molecule has 1 heterocycles. The van der Waals surface area contributed by atoms with Crippen molar-refractivity contribution in [3.8, 4) is 28.9 Å². The van der Waals surface area contributed by atoms with Gasteiger partial charge in [0.1, 0.15) is 23.0 Å². The number of aromatic nitrogens is 1. The van der Waals surface area contributed by atoms with Gasteiger partial charge >= 0.3 is 0 Å². The number of hydrogen-bond donors (Lipinski definition) is 3. The van der Waals surface area contributed by atoms with E-state index in [0.717, 1.165) is 28.8 Å². The first-order valence-corrected chi connectivity index (χ1v) is 11.4. The Morgan fingerprint density at radius 3 is 2.08 bits per heavy atom. The summed E-state index contributed by atoms with van der Waals surface area (Å²) in [7, 11) is 0. The second-order valence-electron chi connectivity index (χ2n) is 8.51. The van der Waals surface area contributed by atoms with Crippen molar-refractivity contribution < 1.29 is 29.6 Å². The molecule has 1 aromatic heterocycles. The third kappa shape index (κ3) is 4.58. The van der Waals surface area contributed by atoms with Crippen LogP contribution >= 0.6 is 0 Å². The van der Waals surface area contributed by atoms with Crippen LogP contribution < -0.4 is 4.74 Å². The van der Waals surface area contributed by atoms with E-state index in [4.69, 9.17) is 4.74 Å². The van der Waals surface area contributed by atoms with Crippen LogP contribution in [0, 0.1) is 6.92 Å². The first-order valence-electron chi connectivity index (χ1n) is 11.4. The number of ketones is 2. The summed E-state index contributed by atoms with van der Waals surface area (Å²) < 4.78 is 5.68. The van der Waals surface area contributed by atoms with Crippen LogP contribution in [-0.4, -0.2) is 31.9 Å². The van der Waals surface area contributed by atoms with E-state index >= 15 is 0 Å². The molecule has 37 heavy (non-hydrogen) atoms. The third-order valence-corrected chi connectivity index (χ3v) is 5.85. The molecular weight excluding hydrogens is 470 g/mol. The molecule has 7 nitrogen and oxygen atoms in total. The molecule has 4 aromatic carbocycles. The number of ether oxygens (including phenoxy) is 1. The Balaban J connectivity index is 0.000000153. The summed E-state index contributed by atoms with van der Waals surface area (Å²) in [4.78, 5) is 29.2. The lowest BCUT2D eigenvalue weighted by Gasteiger charge is -2.19. The number of hydrogen-bond acceptors (Lipinski definition) is 7. The minimum atomic E-state index is -0.635. The van der Waals surface area contributed by atoms with E-state index in [1.54, 1.807) is 6.92 Å². The zero-order valence-electron chi connectivity index (χ0n) is 19.7. The molecule has 0 atom stereocenters. The number of aryl methyl sites for hydroxylation is 1. The SMILES string of the molecule is Cc1cc(O)c2c(c1)C(=O)c1cc(O)cc(O)c1C2=O.c1ccc(Oc2ccc3ccccc3n2)cc1. The first-order chi connectivity index (χ1) is 17.8. The second kappa shape index (κ2) is 9.47. The van der Waals surface area contributed by atoms with Crippen LogP contribution in [0.3, 0.4) is 0 Å². The monoisotopic (exact) mass is 491 g/mol. The van der Waals surface area contributed by atoms with E-state index in [-0.39, 0.29) is 33.8 Å². The summed E-state index contributed by atoms with van der Waals surface area (Å²) in [5, 5.41) is 30.2. The number of fused-ring (bicyclic) bond motifs is 3. The number of carbonyl (C=O) groups excluding carboxylic acids is 2. The molecule has 0 bridgehead atoms. The van der Waals surface area contributed by atoms with Crippen LogP contribution in [0.4, 0.5) is 0 Å². The average molecular weight is 491 g/mol. The summed E-state index contributed by atoms with van der Waals surface area (Å²) in [5.41, 5.74) is 1.28. The van der Waals surface area contributed by atoms with Gasteiger partial charge in [0.15, 0.2) is 5.78 Å². The van der Waals surface area contributed by atoms with E-state index in [1.807, 2.05) is 66.7 Å². The van der Waals surface area contributed by atoms with Crippen LogP contribution in [0.2, 0.25) is 0 Å². The number of rotatable bonds is 2. The molecule has 1 aliphatic rings. The molecule has 3 N–H and O–H groups in total. The van der Waals surface area contributed by atoms with Crippen molar-refractivity contribution in [3.05, 3.63) is 119 Å². The highest BCUT2D eigenvalue weighted by Crippen LogP contribution is 2.39. The Bertz CT molecular complexity index is 1610. The summed E-state index contributed by atoms with van der Waals surface area (Å²) in [6, 6.07) is 26.6. The summed E-state index contributed by atoms with van der Waals surface area (Å²) in [6.07, 6.45) is 0. The molecule has 0 radical (unpaired) electrons. The molecule has 0 amide bonds. The summed E-state index contributed by atoms with van der Waals surface area (Å²) >= 11 is 0. The first kappa shape index (κ1) is 23.6. The topological polar surface area (TPSA) is 117 Å². The number of phenolic OH excluding ortho intramolecular Hbond substituents is 3. The van der Waals surface area contributed by atoms with Crippen LogP contribution in [-0.2, 0) is 0 Å². The standard InChI is InChI=1S/C15H11NO.C15H10O5/c1-2-7-13(8-3-1)17-15-11-10-12-6-4-5-9-14(12)16-15;1-6-2-8-12(10(17)3-6)15(20)13-9(14(8)19)4-7(16)5-11(13)18/h1-11H;2-5,16-18H,1H3. The van der Waals surface area contributed by atoms with Gasteiger partial charge in [0, 0.05) is 28.6 Å². The number of benzene rings is 4. The van der Waals surface area contributed by atoms with Crippen molar-refractivity contribution in [1.82, 2.24) is 4.98 Å². The Labute approximate surface area is 211 Å². The number of phenols is 3. The highest BCUT2D eigenvalue weighted by molar-refractivity contribution is 6.30. The third-order valence-electron chi connectivity index (χ3n) is 5.85. The van der Waals surface area contributed by atoms with Crippen molar-refractivity contribution in [2.24, 2.45) is 0 Å². The minimum Gasteiger partial charge on any atom is -0.508 e. The maximum absolute atomic E-state index is 12.4. The number of nitrogens with zero attached hydrogens (tertiary/aromatic N) is 1. The van der Waals surface area contributed by atoms with Crippen molar-refractivity contribution >= 4 is 22.5 Å². The van der Waals surface area contributed by atoms with Gasteiger partial charge in [0.2, 0.25) is 11.7 Å². The van der Waals surface area contributed by atoms with Gasteiger partial charge in [-0.05, 0) is 55.0 Å². The maximum atomic E-state index is 12.4. The number of para-hydroxylation sites is 2. The van der Waals surface area contributed by atoms with Gasteiger partial charge in [-0.1, -0.05) is 36.4 Å². The highest BCUT2D eigenvalue weighted by Gasteiger charge is 2.34. The smallest absolute Gasteiger partial charge is 0.219 e. The van der Waals surface area contributed by atoms with Crippen molar-refractivity contribution in [1.29, 1.82) is 0 Å². The van der Waals surface area contributed by atoms with Gasteiger partial charge in [-0.2, -0.15) is 0 Å². The van der Waals surface area contributed by atoms with E-state index < -0.39 is 17.3 Å². The number of carbonyl (C=O) groups is 2. The Morgan fingerprint density at radius 2 is 1.32 bits per heavy atom. The molecular formula is C30H21NO6. The van der Waals surface area contributed by atoms with E-state index in [1.165, 1.54) is 12.1 Å². The van der Waals surface area contributed by atoms with Gasteiger partial charge in [-0.15, -0.1) is 0 Å². The quantitative estimate of drug-likeness (QED) is 0.275. The summed E-state index contributed by atoms with van der Waals surface area (Å²) in [5.74, 6) is -0.808. The van der Waals surface area contributed by atoms with E-state index in [0.29, 0.717) is 11.4 Å². The average Bonchev–Trinajstić information content (AvgIpc) is 2.87. The molecule has 0 saturated heterocycles. The van der Waals surface area contributed by atoms with Gasteiger partial charge in [-0.3, -0.25) is 9.59 Å². The van der Waals surface area contributed by atoms with Crippen LogP contribution in [0.5, 0.6) is 28.9 Å². The second-order valence-corrected chi connectivity index (χ2v) is 8.51. The highest BCUT2D eigenvalue weighted by atomic mass is 16.5. The lowest BCUT2D eigenvalue weighted by atomic mass is 9.82. The minimum absolute atomic E-state index is 0.0648. The molecule has 0 spiro atoms. The van der Waals surface area contributed by atoms with E-state index in [9.17, 15) is 24.9 Å². The predicted molar refractivity (Wildman–Crippen MR) is 138 cm³/mol. The van der Waals surface area contributed by atoms with Crippen LogP contribution in [0.15, 0.2) is 91.0 Å². The molecule has 0 fully saturated rings. The largest absolute Gasteiger partial charge is 0.508 e. The van der Waals surface area contributed by atoms with Gasteiger partial charge in [-0.25, -0.2) is 4.98 Å². The molecule has 0 saturated carbocycles. The van der Waals surface area contributed by atoms with Crippen LogP contribution in [0.25, 0.3) is 10.9 Å². The van der Waals surface area contributed by atoms with Crippen molar-refractivity contribution in [2.45, 2.75) is 6.92 Å². The Hall–Kier alpha value is -5.17. The number of pyridine rings is 1. The van der Waals surface area contributed by atoms with Crippen LogP contribution in [0.1, 0.15) is 37.4 Å². The molecule has 6 rings (SSSR count). The Morgan fingerprint density at radius 1 is 0.676 bits per heavy atom. The normalized spacial score (nSPS) is 11.8.